The van der Waals surface area contributed by atoms with Gasteiger partial charge in [0, 0.05) is 36.9 Å². The number of methoxy groups -OCH3 is 1. The fraction of sp³-hybridized carbons (Fsp3) is 0.436. The third-order valence-corrected chi connectivity index (χ3v) is 18.6. The molecule has 2 bridgehead atoms. The first-order valence-corrected chi connectivity index (χ1v) is 29.9. The smallest absolute Gasteiger partial charge is 0.461 e. The molecule has 1 unspecified atom stereocenters. The summed E-state index contributed by atoms with van der Waals surface area (Å²) in [5, 5.41) is 12.2. The zero-order valence-electron chi connectivity index (χ0n) is 45.8. The van der Waals surface area contributed by atoms with Crippen LogP contribution in [0, 0.1) is 16.5 Å². The third-order valence-electron chi connectivity index (χ3n) is 15.0. The number of ether oxygens (including phenoxy) is 4. The van der Waals surface area contributed by atoms with Crippen LogP contribution in [-0.4, -0.2) is 131 Å². The summed E-state index contributed by atoms with van der Waals surface area (Å²) in [4.78, 5) is 47.1. The molecule has 12 rings (SSSR count). The van der Waals surface area contributed by atoms with E-state index in [0.717, 1.165) is 53.3 Å². The number of sulfone groups is 1. The lowest BCUT2D eigenvalue weighted by Gasteiger charge is -2.53. The average molecular weight is 1210 g/mol. The Bertz CT molecular complexity index is 3700. The van der Waals surface area contributed by atoms with E-state index in [-0.39, 0.29) is 87.0 Å². The average Bonchev–Trinajstić information content (AvgIpc) is 1.44. The number of hydrogen-bond donors (Lipinski definition) is 3. The minimum absolute atomic E-state index is 0.0394. The third kappa shape index (κ3) is 12.2. The van der Waals surface area contributed by atoms with Crippen LogP contribution in [-0.2, 0) is 62.5 Å². The number of nitrogens with two attached hydrogens (primary N) is 2. The lowest BCUT2D eigenvalue weighted by molar-refractivity contribution is -0.253. The lowest BCUT2D eigenvalue weighted by atomic mass is 9.58. The molecule has 2 aromatic heterocycles. The number of carbonyl (C=O) groups excluding carboxylic acids is 3. The van der Waals surface area contributed by atoms with Gasteiger partial charge >= 0.3 is 18.6 Å². The van der Waals surface area contributed by atoms with Gasteiger partial charge < -0.3 is 54.1 Å². The van der Waals surface area contributed by atoms with Gasteiger partial charge in [-0.05, 0) is 84.5 Å². The lowest BCUT2D eigenvalue weighted by Crippen LogP contribution is -2.60. The van der Waals surface area contributed by atoms with Crippen molar-refractivity contribution < 1.29 is 76.9 Å². The molecule has 7 heterocycles. The highest BCUT2D eigenvalue weighted by molar-refractivity contribution is 7.92. The van der Waals surface area contributed by atoms with E-state index in [1.807, 2.05) is 45.0 Å². The standard InChI is InChI=1S/C28H27F5N6O6S.C27H32N4O6S/c1-43-26(41)38-10-15-8-27(9-15,13-38)25-36-22(37-45-25)17-6-20-21(7-18(17)29)46(35,42)12-19(34)23(40)39(20)11-14-2-4-16(5-3-14)44-28(32,33)24(30)31;1-27(2,3)26-30-29-24(37-26)18-6-9-23-22(14-18)31(25(32)21(28)16-38(23,33)34)15-17-4-7-19(8-5-17)36-20-10-12-35-13-11-20/h2-7,15,19,24,35H,8-13,34H2,1H3;4-9,14,20-21H,10-13,15-16,28H2,1-3H3/t15?,19-,27?,46?;21-/m00/s1. The number of piperidine rings is 2. The molecule has 4 fully saturated rings. The minimum atomic E-state index is -4.73. The molecule has 6 aromatic rings. The second-order valence-corrected chi connectivity index (χ2v) is 26.5. The van der Waals surface area contributed by atoms with Gasteiger partial charge in [0.15, 0.2) is 9.84 Å². The zero-order chi connectivity index (χ0) is 60.3. The second-order valence-electron chi connectivity index (χ2n) is 22.3. The van der Waals surface area contributed by atoms with Gasteiger partial charge in [0.1, 0.15) is 23.4 Å². The monoisotopic (exact) mass is 1210 g/mol. The number of nitrogens with one attached hydrogen (secondary N) is 1. The molecule has 3 amide bonds. The number of amides is 3. The van der Waals surface area contributed by atoms with Crippen LogP contribution in [0.2, 0.25) is 0 Å². The highest BCUT2D eigenvalue weighted by Gasteiger charge is 2.56. The van der Waals surface area contributed by atoms with E-state index in [2.05, 4.69) is 25.1 Å². The molecule has 0 radical (unpaired) electrons. The van der Waals surface area contributed by atoms with E-state index in [9.17, 15) is 44.6 Å². The van der Waals surface area contributed by atoms with Crippen LogP contribution in [0.1, 0.15) is 69.4 Å². The molecular formula is C55H59F5N10O12S2. The summed E-state index contributed by atoms with van der Waals surface area (Å²) in [6.45, 7) is 7.84. The molecule has 6 aliphatic rings. The van der Waals surface area contributed by atoms with E-state index in [0.29, 0.717) is 44.1 Å². The number of halogens is 5. The second kappa shape index (κ2) is 22.8. The van der Waals surface area contributed by atoms with Crippen LogP contribution in [0.15, 0.2) is 97.6 Å². The molecule has 1 saturated carbocycles. The molecule has 1 aliphatic carbocycles. The van der Waals surface area contributed by atoms with Gasteiger partial charge in [-0.3, -0.25) is 9.59 Å². The predicted octanol–water partition coefficient (Wildman–Crippen LogP) is 7.36. The van der Waals surface area contributed by atoms with Crippen molar-refractivity contribution in [2.24, 2.45) is 17.4 Å². The van der Waals surface area contributed by atoms with Gasteiger partial charge in [0.25, 0.3) is 0 Å². The van der Waals surface area contributed by atoms with Gasteiger partial charge in [0.2, 0.25) is 35.3 Å². The molecule has 5 aliphatic heterocycles. The van der Waals surface area contributed by atoms with Gasteiger partial charge in [-0.1, -0.05) is 50.2 Å². The molecule has 0 spiro atoms. The summed E-state index contributed by atoms with van der Waals surface area (Å²) in [6, 6.07) is 16.0. The minimum Gasteiger partial charge on any atom is -0.490 e. The maximum absolute atomic E-state index is 15.6. The maximum atomic E-state index is 15.6. The number of alkyl halides is 4. The topological polar surface area (TPSA) is 303 Å². The number of nitrogens with zero attached hydrogens (tertiary/aromatic N) is 7. The number of benzene rings is 4. The van der Waals surface area contributed by atoms with Crippen molar-refractivity contribution in [1.29, 1.82) is 4.78 Å². The van der Waals surface area contributed by atoms with Gasteiger partial charge in [-0.2, -0.15) is 22.5 Å². The number of carbonyl (C=O) groups is 3. The first-order valence-electron chi connectivity index (χ1n) is 26.5. The van der Waals surface area contributed by atoms with Crippen molar-refractivity contribution >= 4 is 48.8 Å². The Balaban J connectivity index is 0.000000191. The van der Waals surface area contributed by atoms with Gasteiger partial charge in [-0.15, -0.1) is 10.2 Å². The SMILES string of the molecule is CC(C)(C)c1nnc(-c2ccc3c(c2)N(Cc2ccc(OC4CCOCC4)cc2)C(=O)[C@@H](N)CS3(=O)=O)o1.COC(=O)N1CC2CC(c3nc(-c4cc5c(cc4F)S(=N)(=O)C[C@H](N)C(=O)N5Cc4ccc(OC(F)(F)C(F)F)cc4)no3)(C2)C1. The van der Waals surface area contributed by atoms with Crippen LogP contribution >= 0.6 is 0 Å². The summed E-state index contributed by atoms with van der Waals surface area (Å²) >= 11 is 0. The molecule has 84 heavy (non-hydrogen) atoms. The van der Waals surface area contributed by atoms with Gasteiger partial charge in [0.05, 0.1) is 98.9 Å². The number of fused-ring (bicyclic) bond motifs is 4. The summed E-state index contributed by atoms with van der Waals surface area (Å²) < 4.78 is 147. The zero-order valence-corrected chi connectivity index (χ0v) is 47.4. The number of hydrogen-bond acceptors (Lipinski definition) is 19. The number of rotatable bonds is 12. The Labute approximate surface area is 478 Å². The summed E-state index contributed by atoms with van der Waals surface area (Å²) in [5.41, 5.74) is 12.5. The molecule has 3 saturated heterocycles. The Hall–Kier alpha value is -7.60. The van der Waals surface area contributed by atoms with Crippen molar-refractivity contribution in [3.8, 4) is 34.3 Å². The van der Waals surface area contributed by atoms with Crippen molar-refractivity contribution in [3.63, 3.8) is 0 Å². The molecule has 3 atom stereocenters. The Morgan fingerprint density at radius 3 is 2.05 bits per heavy atom. The summed E-state index contributed by atoms with van der Waals surface area (Å²) in [7, 11) is -6.32. The van der Waals surface area contributed by atoms with Crippen LogP contribution in [0.25, 0.3) is 22.8 Å². The Morgan fingerprint density at radius 1 is 0.845 bits per heavy atom. The van der Waals surface area contributed by atoms with E-state index in [4.69, 9.17) is 39.4 Å². The summed E-state index contributed by atoms with van der Waals surface area (Å²) in [5.74, 6) is -2.21. The van der Waals surface area contributed by atoms with Crippen LogP contribution in [0.3, 0.4) is 0 Å². The molecular weight excluding hydrogens is 1150 g/mol. The normalized spacial score (nSPS) is 23.3. The highest BCUT2D eigenvalue weighted by atomic mass is 32.2. The first-order chi connectivity index (χ1) is 39.6. The molecule has 22 nitrogen and oxygen atoms in total. The van der Waals surface area contributed by atoms with E-state index in [1.54, 1.807) is 12.1 Å². The Morgan fingerprint density at radius 2 is 1.45 bits per heavy atom. The van der Waals surface area contributed by atoms with Crippen molar-refractivity contribution in [3.05, 3.63) is 108 Å². The molecule has 5 N–H and O–H groups in total. The van der Waals surface area contributed by atoms with Crippen LogP contribution < -0.4 is 30.7 Å². The fourth-order valence-electron chi connectivity index (χ4n) is 10.7. The Kier molecular flexibility index (Phi) is 16.1. The molecule has 4 aromatic carbocycles. The van der Waals surface area contributed by atoms with E-state index >= 15 is 4.39 Å². The maximum Gasteiger partial charge on any atom is 0.461 e. The molecule has 448 valence electrons. The van der Waals surface area contributed by atoms with E-state index < -0.39 is 90.6 Å². The highest BCUT2D eigenvalue weighted by Crippen LogP contribution is 2.52. The van der Waals surface area contributed by atoms with Crippen LogP contribution in [0.4, 0.5) is 38.1 Å². The van der Waals surface area contributed by atoms with Crippen molar-refractivity contribution in [2.45, 2.75) is 111 Å². The van der Waals surface area contributed by atoms with Gasteiger partial charge in [-0.25, -0.2) is 26.6 Å². The quantitative estimate of drug-likeness (QED) is 0.101. The van der Waals surface area contributed by atoms with Crippen molar-refractivity contribution in [1.82, 2.24) is 25.2 Å². The van der Waals surface area contributed by atoms with E-state index in [1.165, 1.54) is 35.1 Å². The molecule has 29 heteroatoms. The number of anilines is 2. The predicted molar refractivity (Wildman–Crippen MR) is 290 cm³/mol. The fourth-order valence-corrected chi connectivity index (χ4v) is 13.9. The van der Waals surface area contributed by atoms with Crippen molar-refractivity contribution in [2.75, 3.05) is 54.7 Å². The summed E-state index contributed by atoms with van der Waals surface area (Å²) in [6.07, 6.45) is -6.17. The number of aromatic nitrogens is 4. The largest absolute Gasteiger partial charge is 0.490 e. The first kappa shape index (κ1) is 59.6. The van der Waals surface area contributed by atoms with Crippen LogP contribution in [0.5, 0.6) is 11.5 Å².